The van der Waals surface area contributed by atoms with Crippen molar-refractivity contribution in [2.45, 2.75) is 30.7 Å². The summed E-state index contributed by atoms with van der Waals surface area (Å²) in [5, 5.41) is 5.39. The van der Waals surface area contributed by atoms with Gasteiger partial charge >= 0.3 is 3.93 Å². The molecule has 150 valence electrons. The van der Waals surface area contributed by atoms with Crippen LogP contribution in [0.3, 0.4) is 0 Å². The minimum absolute atomic E-state index is 0.285. The molecule has 0 radical (unpaired) electrons. The molecule has 0 saturated heterocycles. The number of hydrogen-bond acceptors (Lipinski definition) is 4. The van der Waals surface area contributed by atoms with Gasteiger partial charge in [-0.05, 0) is 43.7 Å². The molecular formula is C19H20F2IN3O3. The lowest BCUT2D eigenvalue weighted by molar-refractivity contribution is -0.114. The molecule has 0 aliphatic rings. The number of ether oxygens (including phenoxy) is 1. The number of alkyl halides is 3. The first-order valence-corrected chi connectivity index (χ1v) is 9.48. The molecule has 0 bridgehead atoms. The molecule has 6 nitrogen and oxygen atoms in total. The second-order valence-electron chi connectivity index (χ2n) is 6.24. The summed E-state index contributed by atoms with van der Waals surface area (Å²) in [6.07, 6.45) is 0. The number of benzene rings is 1. The normalized spacial score (nSPS) is 12.2. The second-order valence-corrected chi connectivity index (χ2v) is 7.81. The maximum Gasteiger partial charge on any atom is 0.329 e. The van der Waals surface area contributed by atoms with E-state index >= 15 is 0 Å². The van der Waals surface area contributed by atoms with Gasteiger partial charge in [-0.2, -0.15) is 8.78 Å². The first kappa shape index (κ1) is 22.0. The molecule has 1 atom stereocenters. The lowest BCUT2D eigenvalue weighted by atomic mass is 10.1. The number of nitrogens with one attached hydrogen (secondary N) is 2. The molecule has 0 spiro atoms. The van der Waals surface area contributed by atoms with Gasteiger partial charge in [-0.1, -0.05) is 12.1 Å². The summed E-state index contributed by atoms with van der Waals surface area (Å²) in [6.45, 7) is 4.11. The molecule has 0 aliphatic carbocycles. The Balaban J connectivity index is 2.10. The highest BCUT2D eigenvalue weighted by Gasteiger charge is 2.24. The largest absolute Gasteiger partial charge is 0.486 e. The number of rotatable bonds is 7. The first-order valence-electron chi connectivity index (χ1n) is 8.40. The van der Waals surface area contributed by atoms with Gasteiger partial charge in [0.1, 0.15) is 11.6 Å². The summed E-state index contributed by atoms with van der Waals surface area (Å²) < 4.78 is 28.0. The molecule has 1 heterocycles. The summed E-state index contributed by atoms with van der Waals surface area (Å²) in [6, 6.07) is 9.31. The minimum atomic E-state index is -2.96. The van der Waals surface area contributed by atoms with Gasteiger partial charge in [0.15, 0.2) is 6.61 Å². The number of carbonyl (C=O) groups is 2. The van der Waals surface area contributed by atoms with E-state index in [-0.39, 0.29) is 11.8 Å². The van der Waals surface area contributed by atoms with Crippen molar-refractivity contribution in [2.24, 2.45) is 0 Å². The minimum Gasteiger partial charge on any atom is -0.486 e. The summed E-state index contributed by atoms with van der Waals surface area (Å²) in [4.78, 5) is 27.9. The van der Waals surface area contributed by atoms with E-state index in [2.05, 4.69) is 15.6 Å². The Labute approximate surface area is 175 Å². The van der Waals surface area contributed by atoms with Crippen molar-refractivity contribution in [3.8, 4) is 5.75 Å². The Bertz CT molecular complexity index is 872. The quantitative estimate of drug-likeness (QED) is 0.438. The molecule has 1 aromatic heterocycles. The summed E-state index contributed by atoms with van der Waals surface area (Å²) in [7, 11) is 0. The van der Waals surface area contributed by atoms with E-state index in [1.165, 1.54) is 13.0 Å². The highest BCUT2D eigenvalue weighted by Crippen LogP contribution is 2.25. The van der Waals surface area contributed by atoms with Crippen LogP contribution in [0.15, 0.2) is 36.4 Å². The molecule has 0 fully saturated rings. The zero-order valence-corrected chi connectivity index (χ0v) is 17.7. The number of anilines is 1. The third kappa shape index (κ3) is 7.02. The molecule has 1 unspecified atom stereocenters. The highest BCUT2D eigenvalue weighted by molar-refractivity contribution is 14.1. The maximum absolute atomic E-state index is 12.9. The summed E-state index contributed by atoms with van der Waals surface area (Å²) in [5.41, 5.74) is 1.63. The number of amides is 2. The van der Waals surface area contributed by atoms with E-state index in [9.17, 15) is 18.4 Å². The Morgan fingerprint density at radius 1 is 1.29 bits per heavy atom. The lowest BCUT2D eigenvalue weighted by Crippen LogP contribution is -2.27. The van der Waals surface area contributed by atoms with Gasteiger partial charge in [0.05, 0.1) is 6.04 Å². The van der Waals surface area contributed by atoms with Gasteiger partial charge in [-0.25, -0.2) is 4.98 Å². The number of halogens is 3. The van der Waals surface area contributed by atoms with Crippen molar-refractivity contribution in [1.29, 1.82) is 0 Å². The van der Waals surface area contributed by atoms with Crippen LogP contribution in [-0.4, -0.2) is 27.3 Å². The molecule has 0 aliphatic heterocycles. The van der Waals surface area contributed by atoms with Crippen LogP contribution >= 0.6 is 22.6 Å². The maximum atomic E-state index is 12.9. The fraction of sp³-hybridized carbons (Fsp3) is 0.316. The molecule has 2 N–H and O–H groups in total. The molecule has 2 amide bonds. The van der Waals surface area contributed by atoms with Crippen LogP contribution in [0.4, 0.5) is 14.6 Å². The Kier molecular flexibility index (Phi) is 7.28. The first-order chi connectivity index (χ1) is 13.0. The molecule has 2 aromatic rings. The Morgan fingerprint density at radius 3 is 2.64 bits per heavy atom. The van der Waals surface area contributed by atoms with Crippen LogP contribution in [0, 0.1) is 6.92 Å². The monoisotopic (exact) mass is 503 g/mol. The number of carbonyl (C=O) groups excluding carboxylic acids is 2. The molecule has 0 saturated carbocycles. The van der Waals surface area contributed by atoms with Crippen LogP contribution < -0.4 is 15.4 Å². The number of pyridine rings is 1. The van der Waals surface area contributed by atoms with Crippen LogP contribution in [0.1, 0.15) is 41.5 Å². The van der Waals surface area contributed by atoms with E-state index in [4.69, 9.17) is 4.74 Å². The summed E-state index contributed by atoms with van der Waals surface area (Å²) in [5.74, 6) is -0.0514. The SMILES string of the molecule is CC(=O)Nc1cc(C(=O)NC(C)c2cccc(OCC(F)(F)I)c2)cc(C)n1. The molecule has 1 aromatic carbocycles. The van der Waals surface area contributed by atoms with Crippen molar-refractivity contribution < 1.29 is 23.1 Å². The predicted octanol–water partition coefficient (Wildman–Crippen LogP) is 4.25. The van der Waals surface area contributed by atoms with Crippen LogP contribution in [0.25, 0.3) is 0 Å². The standard InChI is InChI=1S/C19H20F2IN3O3/c1-11-7-15(9-17(23-11)25-13(3)26)18(27)24-12(2)14-5-4-6-16(8-14)28-10-19(20,21)22/h4-9,12H,10H2,1-3H3,(H,24,27)(H,23,25,26). The van der Waals surface area contributed by atoms with E-state index in [1.54, 1.807) is 44.2 Å². The molecular weight excluding hydrogens is 483 g/mol. The van der Waals surface area contributed by atoms with Gasteiger partial charge in [0.2, 0.25) is 5.91 Å². The molecule has 2 rings (SSSR count). The zero-order valence-electron chi connectivity index (χ0n) is 15.6. The number of aryl methyl sites for hydroxylation is 1. The van der Waals surface area contributed by atoms with Crippen molar-refractivity contribution in [3.05, 3.63) is 53.2 Å². The van der Waals surface area contributed by atoms with Gasteiger partial charge in [-0.15, -0.1) is 0 Å². The van der Waals surface area contributed by atoms with Gasteiger partial charge in [-0.3, -0.25) is 9.59 Å². The number of aromatic nitrogens is 1. The number of nitrogens with zero attached hydrogens (tertiary/aromatic N) is 1. The van der Waals surface area contributed by atoms with E-state index in [0.29, 0.717) is 28.4 Å². The Hall–Kier alpha value is -2.30. The fourth-order valence-corrected chi connectivity index (χ4v) is 2.60. The third-order valence-electron chi connectivity index (χ3n) is 3.63. The average Bonchev–Trinajstić information content (AvgIpc) is 2.58. The summed E-state index contributed by atoms with van der Waals surface area (Å²) >= 11 is 1.01. The fourth-order valence-electron chi connectivity index (χ4n) is 2.45. The van der Waals surface area contributed by atoms with E-state index in [1.807, 2.05) is 0 Å². The van der Waals surface area contributed by atoms with Crippen molar-refractivity contribution in [3.63, 3.8) is 0 Å². The smallest absolute Gasteiger partial charge is 0.329 e. The Morgan fingerprint density at radius 2 is 2.00 bits per heavy atom. The van der Waals surface area contributed by atoms with Crippen LogP contribution in [-0.2, 0) is 4.79 Å². The van der Waals surface area contributed by atoms with Crippen LogP contribution in [0.5, 0.6) is 5.75 Å². The lowest BCUT2D eigenvalue weighted by Gasteiger charge is -2.17. The topological polar surface area (TPSA) is 80.3 Å². The van der Waals surface area contributed by atoms with Gasteiger partial charge < -0.3 is 15.4 Å². The predicted molar refractivity (Wildman–Crippen MR) is 110 cm³/mol. The molecule has 9 heteroatoms. The van der Waals surface area contributed by atoms with Gasteiger partial charge in [0, 0.05) is 40.8 Å². The van der Waals surface area contributed by atoms with Gasteiger partial charge in [0.25, 0.3) is 5.91 Å². The highest BCUT2D eigenvalue weighted by atomic mass is 127. The third-order valence-corrected chi connectivity index (χ3v) is 3.94. The number of hydrogen-bond donors (Lipinski definition) is 2. The van der Waals surface area contributed by atoms with Crippen molar-refractivity contribution in [1.82, 2.24) is 10.3 Å². The van der Waals surface area contributed by atoms with Crippen LogP contribution in [0.2, 0.25) is 0 Å². The van der Waals surface area contributed by atoms with E-state index in [0.717, 1.165) is 22.6 Å². The average molecular weight is 503 g/mol. The van der Waals surface area contributed by atoms with Crippen molar-refractivity contribution >= 4 is 40.2 Å². The molecule has 28 heavy (non-hydrogen) atoms. The zero-order chi connectivity index (χ0) is 20.9. The van der Waals surface area contributed by atoms with E-state index < -0.39 is 16.6 Å². The second kappa shape index (κ2) is 9.26. The van der Waals surface area contributed by atoms with Crippen molar-refractivity contribution in [2.75, 3.05) is 11.9 Å².